The van der Waals surface area contributed by atoms with E-state index in [0.717, 1.165) is 24.9 Å². The van der Waals surface area contributed by atoms with Gasteiger partial charge in [-0.2, -0.15) is 4.31 Å². The van der Waals surface area contributed by atoms with Gasteiger partial charge < -0.3 is 4.90 Å². The first-order chi connectivity index (χ1) is 12.4. The second-order valence-corrected chi connectivity index (χ2v) is 9.35. The van der Waals surface area contributed by atoms with E-state index in [1.165, 1.54) is 10.7 Å². The van der Waals surface area contributed by atoms with Gasteiger partial charge in [0.25, 0.3) is 0 Å². The molecule has 0 radical (unpaired) electrons. The summed E-state index contributed by atoms with van der Waals surface area (Å²) in [5.74, 6) is 0.117. The van der Waals surface area contributed by atoms with Crippen LogP contribution in [0, 0.1) is 6.92 Å². The average Bonchev–Trinajstić information content (AvgIpc) is 2.64. The monoisotopic (exact) mass is 379 g/mol. The summed E-state index contributed by atoms with van der Waals surface area (Å²) in [6.07, 6.45) is 3.54. The number of hydrogen-bond donors (Lipinski definition) is 0. The number of carbonyl (C=O) groups excluding carboxylic acids is 1. The molecule has 0 N–H and O–H groups in total. The van der Waals surface area contributed by atoms with E-state index in [1.54, 1.807) is 12.1 Å². The van der Waals surface area contributed by atoms with Crippen molar-refractivity contribution in [2.24, 2.45) is 0 Å². The van der Waals surface area contributed by atoms with E-state index in [0.29, 0.717) is 43.7 Å². The largest absolute Gasteiger partial charge is 0.339 e. The number of piperazine rings is 1. The maximum absolute atomic E-state index is 12.7. The molecule has 1 unspecified atom stereocenters. The molecule has 1 amide bonds. The second-order valence-electron chi connectivity index (χ2n) is 7.41. The molecule has 0 aromatic heterocycles. The molecule has 3 rings (SSSR count). The van der Waals surface area contributed by atoms with Gasteiger partial charge in [0.1, 0.15) is 0 Å². The zero-order chi connectivity index (χ0) is 18.7. The van der Waals surface area contributed by atoms with Crippen LogP contribution in [0.5, 0.6) is 0 Å². The third-order valence-corrected chi connectivity index (χ3v) is 7.44. The number of aryl methyl sites for hydroxylation is 1. The van der Waals surface area contributed by atoms with E-state index in [2.05, 4.69) is 11.8 Å². The van der Waals surface area contributed by atoms with Crippen molar-refractivity contribution >= 4 is 15.9 Å². The predicted octanol–water partition coefficient (Wildman–Crippen LogP) is 1.70. The number of hydrogen-bond acceptors (Lipinski definition) is 4. The van der Waals surface area contributed by atoms with Crippen molar-refractivity contribution in [3.05, 3.63) is 29.8 Å². The minimum Gasteiger partial charge on any atom is -0.339 e. The number of piperidine rings is 1. The van der Waals surface area contributed by atoms with Crippen molar-refractivity contribution in [2.45, 2.75) is 44.0 Å². The molecule has 1 aromatic carbocycles. The van der Waals surface area contributed by atoms with Crippen LogP contribution in [-0.4, -0.2) is 73.7 Å². The van der Waals surface area contributed by atoms with Gasteiger partial charge in [0, 0.05) is 32.2 Å². The topological polar surface area (TPSA) is 60.9 Å². The van der Waals surface area contributed by atoms with Crippen LogP contribution < -0.4 is 0 Å². The maximum Gasteiger partial charge on any atom is 0.243 e. The van der Waals surface area contributed by atoms with Gasteiger partial charge in [-0.05, 0) is 45.4 Å². The van der Waals surface area contributed by atoms with E-state index in [1.807, 2.05) is 24.0 Å². The maximum atomic E-state index is 12.7. The van der Waals surface area contributed by atoms with Gasteiger partial charge in [-0.3, -0.25) is 9.69 Å². The lowest BCUT2D eigenvalue weighted by Gasteiger charge is -2.37. The van der Waals surface area contributed by atoms with Crippen molar-refractivity contribution in [3.8, 4) is 0 Å². The minimum atomic E-state index is -3.48. The molecule has 0 aliphatic carbocycles. The van der Waals surface area contributed by atoms with Gasteiger partial charge in [0.15, 0.2) is 0 Å². The number of carbonyl (C=O) groups is 1. The normalized spacial score (nSPS) is 23.2. The second kappa shape index (κ2) is 8.06. The van der Waals surface area contributed by atoms with E-state index in [-0.39, 0.29) is 5.91 Å². The van der Waals surface area contributed by atoms with Crippen molar-refractivity contribution in [1.82, 2.24) is 14.1 Å². The number of rotatable bonds is 4. The summed E-state index contributed by atoms with van der Waals surface area (Å²) in [4.78, 5) is 17.0. The molecular weight excluding hydrogens is 350 g/mol. The fourth-order valence-corrected chi connectivity index (χ4v) is 5.13. The lowest BCUT2D eigenvalue weighted by atomic mass is 10.0. The highest BCUT2D eigenvalue weighted by atomic mass is 32.2. The first kappa shape index (κ1) is 19.3. The fraction of sp³-hybridized carbons (Fsp3) is 0.632. The summed E-state index contributed by atoms with van der Waals surface area (Å²) in [5.41, 5.74) is 1.03. The molecule has 2 heterocycles. The molecule has 1 aromatic rings. The minimum absolute atomic E-state index is 0.117. The van der Waals surface area contributed by atoms with Crippen molar-refractivity contribution < 1.29 is 13.2 Å². The Morgan fingerprint density at radius 1 is 1.04 bits per heavy atom. The lowest BCUT2D eigenvalue weighted by Crippen LogP contribution is -2.53. The predicted molar refractivity (Wildman–Crippen MR) is 101 cm³/mol. The third-order valence-electron chi connectivity index (χ3n) is 5.53. The third kappa shape index (κ3) is 4.27. The number of benzene rings is 1. The lowest BCUT2D eigenvalue weighted by molar-refractivity contribution is -0.134. The molecule has 0 spiro atoms. The van der Waals surface area contributed by atoms with Gasteiger partial charge in [-0.25, -0.2) is 8.42 Å². The molecule has 2 aliphatic rings. The van der Waals surface area contributed by atoms with Crippen LogP contribution >= 0.6 is 0 Å². The zero-order valence-electron chi connectivity index (χ0n) is 15.7. The Balaban J connectivity index is 1.56. The standard InChI is InChI=1S/C19H29N3O3S/c1-16-6-8-18(9-7-16)26(24,25)22-13-11-20(12-14-22)19(23)15-21-10-4-3-5-17(21)2/h6-9,17H,3-5,10-15H2,1-2H3. The molecule has 2 fully saturated rings. The summed E-state index contributed by atoms with van der Waals surface area (Å²) in [6.45, 7) is 7.19. The van der Waals surface area contributed by atoms with E-state index < -0.39 is 10.0 Å². The number of sulfonamides is 1. The summed E-state index contributed by atoms with van der Waals surface area (Å²) < 4.78 is 27.0. The molecule has 1 atom stereocenters. The number of nitrogens with zero attached hydrogens (tertiary/aromatic N) is 3. The Bertz CT molecular complexity index is 725. The molecular formula is C19H29N3O3S. The molecule has 0 saturated carbocycles. The molecule has 7 heteroatoms. The molecule has 0 bridgehead atoms. The highest BCUT2D eigenvalue weighted by Gasteiger charge is 2.31. The van der Waals surface area contributed by atoms with E-state index in [4.69, 9.17) is 0 Å². The fourth-order valence-electron chi connectivity index (χ4n) is 3.70. The SMILES string of the molecule is Cc1ccc(S(=O)(=O)N2CCN(C(=O)CN3CCCCC3C)CC2)cc1. The smallest absolute Gasteiger partial charge is 0.243 e. The Labute approximate surface area is 156 Å². The van der Waals surface area contributed by atoms with Gasteiger partial charge in [-0.1, -0.05) is 24.1 Å². The zero-order valence-corrected chi connectivity index (χ0v) is 16.5. The average molecular weight is 380 g/mol. The van der Waals surface area contributed by atoms with Crippen LogP contribution in [0.4, 0.5) is 0 Å². The molecule has 144 valence electrons. The summed E-state index contributed by atoms with van der Waals surface area (Å²) >= 11 is 0. The van der Waals surface area contributed by atoms with Crippen molar-refractivity contribution in [3.63, 3.8) is 0 Å². The van der Waals surface area contributed by atoms with E-state index in [9.17, 15) is 13.2 Å². The first-order valence-electron chi connectivity index (χ1n) is 9.46. The van der Waals surface area contributed by atoms with Crippen LogP contribution in [0.1, 0.15) is 31.7 Å². The van der Waals surface area contributed by atoms with Crippen LogP contribution in [0.3, 0.4) is 0 Å². The van der Waals surface area contributed by atoms with Crippen LogP contribution in [0.15, 0.2) is 29.2 Å². The van der Waals surface area contributed by atoms with Gasteiger partial charge >= 0.3 is 0 Å². The summed E-state index contributed by atoms with van der Waals surface area (Å²) in [7, 11) is -3.48. The van der Waals surface area contributed by atoms with Crippen LogP contribution in [0.25, 0.3) is 0 Å². The Hall–Kier alpha value is -1.44. The summed E-state index contributed by atoms with van der Waals surface area (Å²) in [5, 5.41) is 0. The van der Waals surface area contributed by atoms with Gasteiger partial charge in [0.2, 0.25) is 15.9 Å². The quantitative estimate of drug-likeness (QED) is 0.799. The molecule has 2 aliphatic heterocycles. The van der Waals surface area contributed by atoms with Crippen molar-refractivity contribution in [2.75, 3.05) is 39.3 Å². The number of likely N-dealkylation sites (tertiary alicyclic amines) is 1. The Morgan fingerprint density at radius 3 is 2.31 bits per heavy atom. The molecule has 2 saturated heterocycles. The van der Waals surface area contributed by atoms with Gasteiger partial charge in [0.05, 0.1) is 11.4 Å². The number of amides is 1. The van der Waals surface area contributed by atoms with Crippen LogP contribution in [-0.2, 0) is 14.8 Å². The molecule has 6 nitrogen and oxygen atoms in total. The molecule has 26 heavy (non-hydrogen) atoms. The van der Waals surface area contributed by atoms with Gasteiger partial charge in [-0.15, -0.1) is 0 Å². The highest BCUT2D eigenvalue weighted by molar-refractivity contribution is 7.89. The van der Waals surface area contributed by atoms with E-state index >= 15 is 0 Å². The first-order valence-corrected chi connectivity index (χ1v) is 10.9. The Morgan fingerprint density at radius 2 is 1.69 bits per heavy atom. The Kier molecular flexibility index (Phi) is 5.99. The highest BCUT2D eigenvalue weighted by Crippen LogP contribution is 2.19. The summed E-state index contributed by atoms with van der Waals surface area (Å²) in [6, 6.07) is 7.38. The van der Waals surface area contributed by atoms with Crippen LogP contribution in [0.2, 0.25) is 0 Å². The van der Waals surface area contributed by atoms with Crippen molar-refractivity contribution in [1.29, 1.82) is 0 Å².